The highest BCUT2D eigenvalue weighted by molar-refractivity contribution is 7.93. The molecule has 0 aliphatic carbocycles. The molecule has 31 heavy (non-hydrogen) atoms. The van der Waals surface area contributed by atoms with Crippen molar-refractivity contribution in [1.82, 2.24) is 19.4 Å². The minimum Gasteiger partial charge on any atom is -0.495 e. The third kappa shape index (κ3) is 3.44. The highest BCUT2D eigenvalue weighted by atomic mass is 32.2. The van der Waals surface area contributed by atoms with Crippen LogP contribution in [0, 0.1) is 0 Å². The number of anilines is 1. The van der Waals surface area contributed by atoms with Gasteiger partial charge in [0.2, 0.25) is 5.78 Å². The van der Waals surface area contributed by atoms with Crippen molar-refractivity contribution in [3.63, 3.8) is 0 Å². The van der Waals surface area contributed by atoms with E-state index in [-0.39, 0.29) is 4.90 Å². The van der Waals surface area contributed by atoms with E-state index in [0.717, 1.165) is 10.9 Å². The van der Waals surface area contributed by atoms with Crippen LogP contribution in [0.1, 0.15) is 0 Å². The molecule has 0 aliphatic rings. The van der Waals surface area contributed by atoms with Crippen LogP contribution in [0.25, 0.3) is 27.9 Å². The summed E-state index contributed by atoms with van der Waals surface area (Å²) in [7, 11) is -2.44. The molecule has 3 heterocycles. The summed E-state index contributed by atoms with van der Waals surface area (Å²) in [6.45, 7) is 0. The second-order valence-electron chi connectivity index (χ2n) is 6.80. The monoisotopic (exact) mass is 431 g/mol. The Balaban J connectivity index is 1.58. The van der Waals surface area contributed by atoms with Crippen LogP contribution in [-0.4, -0.2) is 34.9 Å². The third-order valence-electron chi connectivity index (χ3n) is 4.86. The molecule has 5 aromatic rings. The van der Waals surface area contributed by atoms with Crippen molar-refractivity contribution >= 4 is 32.4 Å². The number of ether oxygens (including phenoxy) is 1. The van der Waals surface area contributed by atoms with E-state index >= 15 is 0 Å². The summed E-state index contributed by atoms with van der Waals surface area (Å²) in [5, 5.41) is 0.739. The van der Waals surface area contributed by atoms with Gasteiger partial charge < -0.3 is 4.74 Å². The van der Waals surface area contributed by atoms with Crippen LogP contribution in [0.4, 0.5) is 5.69 Å². The van der Waals surface area contributed by atoms with Crippen molar-refractivity contribution in [2.75, 3.05) is 11.8 Å². The lowest BCUT2D eigenvalue weighted by Crippen LogP contribution is -2.14. The second-order valence-corrected chi connectivity index (χ2v) is 8.46. The smallest absolute Gasteiger partial charge is 0.264 e. The summed E-state index contributed by atoms with van der Waals surface area (Å²) in [5.41, 5.74) is 2.09. The Morgan fingerprint density at radius 1 is 1.00 bits per heavy atom. The largest absolute Gasteiger partial charge is 0.495 e. The number of aromatic nitrogens is 4. The number of hydrogen-bond acceptors (Lipinski definition) is 6. The van der Waals surface area contributed by atoms with Gasteiger partial charge in [0.15, 0.2) is 0 Å². The molecule has 0 fully saturated rings. The number of imidazole rings is 1. The second kappa shape index (κ2) is 7.37. The van der Waals surface area contributed by atoms with Gasteiger partial charge in [-0.25, -0.2) is 18.4 Å². The average molecular weight is 431 g/mol. The molecule has 3 aromatic heterocycles. The Bertz CT molecular complexity index is 1490. The SMILES string of the molecule is COc1ccc(-c2cn3cccnc3n2)cc1NS(=O)(=O)c1cccc2cccnc12. The molecule has 0 saturated carbocycles. The van der Waals surface area contributed by atoms with Crippen molar-refractivity contribution in [3.8, 4) is 17.0 Å². The van der Waals surface area contributed by atoms with E-state index in [9.17, 15) is 8.42 Å². The molecule has 0 radical (unpaired) electrons. The fourth-order valence-electron chi connectivity index (χ4n) is 3.41. The normalized spacial score (nSPS) is 11.6. The van der Waals surface area contributed by atoms with Crippen molar-refractivity contribution in [2.24, 2.45) is 0 Å². The molecular weight excluding hydrogens is 414 g/mol. The maximum absolute atomic E-state index is 13.2. The van der Waals surface area contributed by atoms with Crippen LogP contribution >= 0.6 is 0 Å². The number of nitrogens with one attached hydrogen (secondary N) is 1. The van der Waals surface area contributed by atoms with Gasteiger partial charge in [-0.1, -0.05) is 18.2 Å². The van der Waals surface area contributed by atoms with Crippen molar-refractivity contribution < 1.29 is 13.2 Å². The quantitative estimate of drug-likeness (QED) is 0.455. The van der Waals surface area contributed by atoms with Crippen LogP contribution in [-0.2, 0) is 10.0 Å². The van der Waals surface area contributed by atoms with Gasteiger partial charge in [0.1, 0.15) is 10.6 Å². The van der Waals surface area contributed by atoms with E-state index in [1.165, 1.54) is 13.2 Å². The van der Waals surface area contributed by atoms with Crippen molar-refractivity contribution in [3.05, 3.63) is 79.4 Å². The number of hydrogen-bond donors (Lipinski definition) is 1. The average Bonchev–Trinajstić information content (AvgIpc) is 3.23. The molecule has 0 bridgehead atoms. The Kier molecular flexibility index (Phi) is 4.52. The minimum atomic E-state index is -3.93. The van der Waals surface area contributed by atoms with E-state index in [1.54, 1.807) is 41.1 Å². The summed E-state index contributed by atoms with van der Waals surface area (Å²) in [5.74, 6) is 0.944. The highest BCUT2D eigenvalue weighted by Crippen LogP contribution is 2.33. The molecule has 8 nitrogen and oxygen atoms in total. The zero-order chi connectivity index (χ0) is 21.4. The van der Waals surface area contributed by atoms with Crippen LogP contribution in [0.2, 0.25) is 0 Å². The van der Waals surface area contributed by atoms with Gasteiger partial charge in [-0.2, -0.15) is 0 Å². The van der Waals surface area contributed by atoms with E-state index < -0.39 is 10.0 Å². The standard InChI is InChI=1S/C22H17N5O3S/c1-30-19-9-8-16(18-14-27-12-4-11-24-22(27)25-18)13-17(19)26-31(28,29)20-7-2-5-15-6-3-10-23-21(15)20/h2-14,26H,1H3. The van der Waals surface area contributed by atoms with Crippen LogP contribution in [0.5, 0.6) is 5.75 Å². The molecule has 0 spiro atoms. The first kappa shape index (κ1) is 19.0. The van der Waals surface area contributed by atoms with Gasteiger partial charge in [0, 0.05) is 35.7 Å². The number of fused-ring (bicyclic) bond motifs is 2. The number of methoxy groups -OCH3 is 1. The maximum Gasteiger partial charge on any atom is 0.264 e. The van der Waals surface area contributed by atoms with Crippen molar-refractivity contribution in [1.29, 1.82) is 0 Å². The van der Waals surface area contributed by atoms with Crippen LogP contribution in [0.3, 0.4) is 0 Å². The highest BCUT2D eigenvalue weighted by Gasteiger charge is 2.21. The van der Waals surface area contributed by atoms with Gasteiger partial charge in [0.05, 0.1) is 24.0 Å². The number of para-hydroxylation sites is 1. The topological polar surface area (TPSA) is 98.5 Å². The predicted octanol–water partition coefficient (Wildman–Crippen LogP) is 3.75. The first-order chi connectivity index (χ1) is 15.0. The number of pyridine rings is 1. The first-order valence-corrected chi connectivity index (χ1v) is 10.9. The minimum absolute atomic E-state index is 0.0926. The zero-order valence-electron chi connectivity index (χ0n) is 16.4. The molecule has 0 amide bonds. The zero-order valence-corrected chi connectivity index (χ0v) is 17.2. The third-order valence-corrected chi connectivity index (χ3v) is 6.26. The summed E-state index contributed by atoms with van der Waals surface area (Å²) >= 11 is 0. The molecule has 0 aliphatic heterocycles. The van der Waals surface area contributed by atoms with Gasteiger partial charge in [-0.15, -0.1) is 0 Å². The predicted molar refractivity (Wildman–Crippen MR) is 118 cm³/mol. The molecule has 0 atom stereocenters. The van der Waals surface area contributed by atoms with Crippen molar-refractivity contribution in [2.45, 2.75) is 4.90 Å². The van der Waals surface area contributed by atoms with Crippen LogP contribution < -0.4 is 9.46 Å². The molecule has 154 valence electrons. The molecule has 0 saturated heterocycles. The van der Waals surface area contributed by atoms with Gasteiger partial charge in [-0.3, -0.25) is 14.1 Å². The van der Waals surface area contributed by atoms with Crippen LogP contribution in [0.15, 0.2) is 84.3 Å². The molecule has 9 heteroatoms. The summed E-state index contributed by atoms with van der Waals surface area (Å²) < 4.78 is 36.3. The Hall–Kier alpha value is -3.98. The fraction of sp³-hybridized carbons (Fsp3) is 0.0455. The molecule has 1 N–H and O–H groups in total. The van der Waals surface area contributed by atoms with E-state index in [0.29, 0.717) is 28.4 Å². The lowest BCUT2D eigenvalue weighted by atomic mass is 10.1. The van der Waals surface area contributed by atoms with E-state index in [2.05, 4.69) is 19.7 Å². The van der Waals surface area contributed by atoms with E-state index in [4.69, 9.17) is 4.74 Å². The molecule has 5 rings (SSSR count). The molecular formula is C22H17N5O3S. The molecule has 0 unspecified atom stereocenters. The van der Waals surface area contributed by atoms with E-state index in [1.807, 2.05) is 36.7 Å². The Labute approximate surface area is 178 Å². The fourth-order valence-corrected chi connectivity index (χ4v) is 4.65. The number of sulfonamides is 1. The lowest BCUT2D eigenvalue weighted by molar-refractivity contribution is 0.417. The number of nitrogens with zero attached hydrogens (tertiary/aromatic N) is 4. The lowest BCUT2D eigenvalue weighted by Gasteiger charge is -2.14. The summed E-state index contributed by atoms with van der Waals surface area (Å²) in [6.07, 6.45) is 6.91. The maximum atomic E-state index is 13.2. The van der Waals surface area contributed by atoms with Gasteiger partial charge in [0.25, 0.3) is 10.0 Å². The van der Waals surface area contributed by atoms with Gasteiger partial charge in [-0.05, 0) is 36.4 Å². The van der Waals surface area contributed by atoms with Gasteiger partial charge >= 0.3 is 0 Å². The molecule has 2 aromatic carbocycles. The number of benzene rings is 2. The summed E-state index contributed by atoms with van der Waals surface area (Å²) in [6, 6.07) is 15.6. The summed E-state index contributed by atoms with van der Waals surface area (Å²) in [4.78, 5) is 13.1. The Morgan fingerprint density at radius 2 is 1.84 bits per heavy atom. The first-order valence-electron chi connectivity index (χ1n) is 9.40. The Morgan fingerprint density at radius 3 is 2.68 bits per heavy atom. The number of rotatable bonds is 5.